The quantitative estimate of drug-likeness (QED) is 0.758. The van der Waals surface area contributed by atoms with E-state index in [1.54, 1.807) is 0 Å². The third-order valence-electron chi connectivity index (χ3n) is 2.39. The van der Waals surface area contributed by atoms with Crippen molar-refractivity contribution in [1.29, 1.82) is 0 Å². The van der Waals surface area contributed by atoms with Crippen LogP contribution in [-0.2, 0) is 17.7 Å². The maximum atomic E-state index is 5.37. The zero-order valence-corrected chi connectivity index (χ0v) is 9.77. The fourth-order valence-corrected chi connectivity index (χ4v) is 1.68. The van der Waals surface area contributed by atoms with Crippen molar-refractivity contribution < 1.29 is 9.26 Å². The van der Waals surface area contributed by atoms with Gasteiger partial charge in [-0.3, -0.25) is 0 Å². The molecule has 0 bridgehead atoms. The van der Waals surface area contributed by atoms with Crippen LogP contribution in [-0.4, -0.2) is 54.9 Å². The molecule has 1 aliphatic heterocycles. The van der Waals surface area contributed by atoms with Gasteiger partial charge in [0.15, 0.2) is 5.82 Å². The highest BCUT2D eigenvalue weighted by Crippen LogP contribution is 2.05. The van der Waals surface area contributed by atoms with Crippen molar-refractivity contribution in [3.05, 3.63) is 11.7 Å². The molecule has 0 radical (unpaired) electrons. The summed E-state index contributed by atoms with van der Waals surface area (Å²) in [6.45, 7) is 3.10. The van der Waals surface area contributed by atoms with Crippen LogP contribution in [0, 0.1) is 0 Å². The summed E-state index contributed by atoms with van der Waals surface area (Å²) in [5.74, 6) is 1.41. The Labute approximate surface area is 95.0 Å². The van der Waals surface area contributed by atoms with E-state index in [9.17, 15) is 0 Å². The van der Waals surface area contributed by atoms with Crippen LogP contribution in [0.3, 0.4) is 0 Å². The summed E-state index contributed by atoms with van der Waals surface area (Å²) in [5.41, 5.74) is 0. The number of nitrogens with one attached hydrogen (secondary N) is 1. The van der Waals surface area contributed by atoms with Crippen molar-refractivity contribution >= 4 is 0 Å². The van der Waals surface area contributed by atoms with Gasteiger partial charge in [0.1, 0.15) is 0 Å². The molecule has 0 aliphatic carbocycles. The first kappa shape index (κ1) is 11.5. The van der Waals surface area contributed by atoms with Gasteiger partial charge in [-0.15, -0.1) is 0 Å². The molecule has 16 heavy (non-hydrogen) atoms. The van der Waals surface area contributed by atoms with Crippen LogP contribution in [0.25, 0.3) is 0 Å². The zero-order chi connectivity index (χ0) is 11.4. The normalized spacial score (nSPS) is 21.6. The lowest BCUT2D eigenvalue weighted by Crippen LogP contribution is -2.42. The molecule has 1 aromatic heterocycles. The molecular weight excluding hydrogens is 208 g/mol. The standard InChI is InChI=1S/C10H18N4O2/c1-14(2)6-9-12-10(16-13-9)5-8-7-15-4-3-11-8/h8,11H,3-7H2,1-2H3. The van der Waals surface area contributed by atoms with Gasteiger partial charge in [0.25, 0.3) is 0 Å². The lowest BCUT2D eigenvalue weighted by Gasteiger charge is -2.22. The molecule has 2 rings (SSSR count). The van der Waals surface area contributed by atoms with E-state index in [0.717, 1.165) is 25.4 Å². The summed E-state index contributed by atoms with van der Waals surface area (Å²) < 4.78 is 10.6. The summed E-state index contributed by atoms with van der Waals surface area (Å²) in [6.07, 6.45) is 0.737. The van der Waals surface area contributed by atoms with E-state index in [1.807, 2.05) is 19.0 Å². The van der Waals surface area contributed by atoms with Crippen LogP contribution < -0.4 is 5.32 Å². The van der Waals surface area contributed by atoms with E-state index in [0.29, 0.717) is 25.1 Å². The molecule has 1 N–H and O–H groups in total. The summed E-state index contributed by atoms with van der Waals surface area (Å²) in [6, 6.07) is 0.293. The fraction of sp³-hybridized carbons (Fsp3) is 0.800. The van der Waals surface area contributed by atoms with Gasteiger partial charge in [-0.05, 0) is 14.1 Å². The van der Waals surface area contributed by atoms with E-state index in [1.165, 1.54) is 0 Å². The Bertz CT molecular complexity index is 320. The average Bonchev–Trinajstić information content (AvgIpc) is 2.66. The molecule has 1 saturated heterocycles. The Balaban J connectivity index is 1.86. The first-order valence-electron chi connectivity index (χ1n) is 5.51. The highest BCUT2D eigenvalue weighted by molar-refractivity contribution is 4.90. The number of ether oxygens (including phenoxy) is 1. The molecule has 1 atom stereocenters. The smallest absolute Gasteiger partial charge is 0.228 e. The molecule has 6 nitrogen and oxygen atoms in total. The van der Waals surface area contributed by atoms with Crippen molar-refractivity contribution in [2.24, 2.45) is 0 Å². The van der Waals surface area contributed by atoms with Gasteiger partial charge in [0.2, 0.25) is 5.89 Å². The number of hydrogen-bond donors (Lipinski definition) is 1. The Morgan fingerprint density at radius 2 is 2.38 bits per heavy atom. The second-order valence-corrected chi connectivity index (χ2v) is 4.27. The number of nitrogens with zero attached hydrogens (tertiary/aromatic N) is 3. The largest absolute Gasteiger partial charge is 0.378 e. The monoisotopic (exact) mass is 226 g/mol. The molecule has 0 spiro atoms. The number of morpholine rings is 1. The van der Waals surface area contributed by atoms with Crippen LogP contribution >= 0.6 is 0 Å². The second-order valence-electron chi connectivity index (χ2n) is 4.27. The molecule has 6 heteroatoms. The van der Waals surface area contributed by atoms with E-state index in [-0.39, 0.29) is 0 Å². The van der Waals surface area contributed by atoms with Crippen molar-refractivity contribution in [3.63, 3.8) is 0 Å². The minimum Gasteiger partial charge on any atom is -0.378 e. The van der Waals surface area contributed by atoms with Crippen molar-refractivity contribution in [2.75, 3.05) is 33.9 Å². The summed E-state index contributed by atoms with van der Waals surface area (Å²) in [4.78, 5) is 6.34. The van der Waals surface area contributed by atoms with E-state index >= 15 is 0 Å². The molecule has 1 fully saturated rings. The van der Waals surface area contributed by atoms with Crippen LogP contribution in [0.15, 0.2) is 4.52 Å². The molecular formula is C10H18N4O2. The minimum absolute atomic E-state index is 0.293. The Hall–Kier alpha value is -0.980. The average molecular weight is 226 g/mol. The first-order valence-corrected chi connectivity index (χ1v) is 5.51. The first-order chi connectivity index (χ1) is 7.74. The third kappa shape index (κ3) is 3.26. The molecule has 0 aromatic carbocycles. The van der Waals surface area contributed by atoms with Gasteiger partial charge in [-0.1, -0.05) is 5.16 Å². The topological polar surface area (TPSA) is 63.4 Å². The van der Waals surface area contributed by atoms with Gasteiger partial charge in [-0.2, -0.15) is 4.98 Å². The molecule has 2 heterocycles. The van der Waals surface area contributed by atoms with Crippen molar-refractivity contribution in [2.45, 2.75) is 19.0 Å². The molecule has 1 unspecified atom stereocenters. The van der Waals surface area contributed by atoms with Crippen molar-refractivity contribution in [1.82, 2.24) is 20.4 Å². The van der Waals surface area contributed by atoms with Crippen LogP contribution in [0.2, 0.25) is 0 Å². The Morgan fingerprint density at radius 1 is 1.50 bits per heavy atom. The molecule has 1 aromatic rings. The van der Waals surface area contributed by atoms with Gasteiger partial charge in [0, 0.05) is 19.0 Å². The number of rotatable bonds is 4. The summed E-state index contributed by atoms with van der Waals surface area (Å²) in [7, 11) is 3.96. The predicted octanol–water partition coefficient (Wildman–Crippen LogP) is -0.338. The number of hydrogen-bond acceptors (Lipinski definition) is 6. The van der Waals surface area contributed by atoms with Gasteiger partial charge in [0.05, 0.1) is 19.8 Å². The highest BCUT2D eigenvalue weighted by atomic mass is 16.5. The Kier molecular flexibility index (Phi) is 3.87. The van der Waals surface area contributed by atoms with E-state index < -0.39 is 0 Å². The molecule has 0 saturated carbocycles. The van der Waals surface area contributed by atoms with Crippen LogP contribution in [0.1, 0.15) is 11.7 Å². The SMILES string of the molecule is CN(C)Cc1noc(CC2COCCN2)n1. The molecule has 90 valence electrons. The highest BCUT2D eigenvalue weighted by Gasteiger charge is 2.17. The third-order valence-corrected chi connectivity index (χ3v) is 2.39. The zero-order valence-electron chi connectivity index (χ0n) is 9.77. The second kappa shape index (κ2) is 5.38. The van der Waals surface area contributed by atoms with Gasteiger partial charge >= 0.3 is 0 Å². The summed E-state index contributed by atoms with van der Waals surface area (Å²) >= 11 is 0. The van der Waals surface area contributed by atoms with E-state index in [2.05, 4.69) is 15.5 Å². The molecule has 1 aliphatic rings. The minimum atomic E-state index is 0.293. The van der Waals surface area contributed by atoms with Crippen molar-refractivity contribution in [3.8, 4) is 0 Å². The lowest BCUT2D eigenvalue weighted by atomic mass is 10.2. The summed E-state index contributed by atoms with van der Waals surface area (Å²) in [5, 5.41) is 7.28. The maximum Gasteiger partial charge on any atom is 0.228 e. The van der Waals surface area contributed by atoms with E-state index in [4.69, 9.17) is 9.26 Å². The lowest BCUT2D eigenvalue weighted by molar-refractivity contribution is 0.0744. The predicted molar refractivity (Wildman–Crippen MR) is 58.0 cm³/mol. The van der Waals surface area contributed by atoms with Crippen LogP contribution in [0.5, 0.6) is 0 Å². The van der Waals surface area contributed by atoms with Crippen LogP contribution in [0.4, 0.5) is 0 Å². The molecule has 0 amide bonds. The number of aromatic nitrogens is 2. The van der Waals surface area contributed by atoms with Gasteiger partial charge in [-0.25, -0.2) is 0 Å². The fourth-order valence-electron chi connectivity index (χ4n) is 1.68. The maximum absolute atomic E-state index is 5.37. The van der Waals surface area contributed by atoms with Gasteiger partial charge < -0.3 is 19.5 Å². The Morgan fingerprint density at radius 3 is 3.06 bits per heavy atom.